The molecule has 100 valence electrons. The molecule has 2 nitrogen and oxygen atoms in total. The van der Waals surface area contributed by atoms with Crippen LogP contribution in [0.3, 0.4) is 0 Å². The van der Waals surface area contributed by atoms with Crippen LogP contribution in [0.5, 0.6) is 0 Å². The highest BCUT2D eigenvalue weighted by atomic mass is 32.1. The van der Waals surface area contributed by atoms with Crippen LogP contribution in [-0.2, 0) is 0 Å². The summed E-state index contributed by atoms with van der Waals surface area (Å²) in [6.45, 7) is 1.90. The molecule has 0 spiro atoms. The summed E-state index contributed by atoms with van der Waals surface area (Å²) in [5, 5.41) is 3.39. The lowest BCUT2D eigenvalue weighted by molar-refractivity contribution is 0.625. The lowest BCUT2D eigenvalue weighted by atomic mass is 10.1. The molecule has 0 bridgehead atoms. The monoisotopic (exact) mass is 276 g/mol. The Morgan fingerprint density at radius 2 is 2.00 bits per heavy atom. The average Bonchev–Trinajstić information content (AvgIpc) is 2.98. The predicted molar refractivity (Wildman–Crippen MR) is 76.9 cm³/mol. The third-order valence-corrected chi connectivity index (χ3v) is 4.24. The summed E-state index contributed by atoms with van der Waals surface area (Å²) >= 11 is 5.42. The smallest absolute Gasteiger partial charge is 0.127 e. The van der Waals surface area contributed by atoms with E-state index in [1.807, 2.05) is 17.7 Å². The number of hydrogen-bond acceptors (Lipinski definition) is 1. The average molecular weight is 276 g/mol. The molecule has 0 unspecified atom stereocenters. The van der Waals surface area contributed by atoms with Gasteiger partial charge < -0.3 is 0 Å². The second kappa shape index (κ2) is 4.93. The number of benzene rings is 1. The number of halogens is 1. The maximum Gasteiger partial charge on any atom is 0.127 e. The van der Waals surface area contributed by atoms with E-state index < -0.39 is 0 Å². The minimum absolute atomic E-state index is 0.213. The predicted octanol–water partition coefficient (Wildman–Crippen LogP) is 4.64. The van der Waals surface area contributed by atoms with Gasteiger partial charge in [-0.1, -0.05) is 25.1 Å². The molecule has 0 atom stereocenters. The van der Waals surface area contributed by atoms with Crippen molar-refractivity contribution >= 4 is 12.2 Å². The Hall–Kier alpha value is -1.42. The minimum Gasteiger partial charge on any atom is -0.297 e. The zero-order chi connectivity index (χ0) is 13.4. The number of H-pyrrole nitrogens is 1. The summed E-state index contributed by atoms with van der Waals surface area (Å²) in [4.78, 5) is 0. The molecular formula is C15H17FN2S. The van der Waals surface area contributed by atoms with Gasteiger partial charge in [0.15, 0.2) is 0 Å². The summed E-state index contributed by atoms with van der Waals surface area (Å²) in [5.41, 5.74) is 3.03. The van der Waals surface area contributed by atoms with Crippen LogP contribution in [0.4, 0.5) is 4.39 Å². The van der Waals surface area contributed by atoms with E-state index in [0.717, 1.165) is 15.9 Å². The van der Waals surface area contributed by atoms with Gasteiger partial charge in [-0.2, -0.15) is 0 Å². The van der Waals surface area contributed by atoms with Gasteiger partial charge in [-0.15, -0.1) is 0 Å². The van der Waals surface area contributed by atoms with Gasteiger partial charge in [0.2, 0.25) is 0 Å². The van der Waals surface area contributed by atoms with Gasteiger partial charge in [0, 0.05) is 11.6 Å². The third kappa shape index (κ3) is 2.37. The van der Waals surface area contributed by atoms with E-state index in [-0.39, 0.29) is 5.82 Å². The summed E-state index contributed by atoms with van der Waals surface area (Å²) in [6.07, 6.45) is 5.06. The largest absolute Gasteiger partial charge is 0.297 e. The van der Waals surface area contributed by atoms with Gasteiger partial charge in [0.25, 0.3) is 0 Å². The van der Waals surface area contributed by atoms with Crippen LogP contribution in [0.15, 0.2) is 24.3 Å². The summed E-state index contributed by atoms with van der Waals surface area (Å²) in [6, 6.07) is 6.83. The summed E-state index contributed by atoms with van der Waals surface area (Å²) in [5.74, 6) is 0.388. The molecule has 0 aliphatic heterocycles. The Bertz CT molecular complexity index is 650. The number of aryl methyl sites for hydroxylation is 1. The molecule has 1 heterocycles. The SMILES string of the molecule is Cc1cc(F)ccc1-n1[nH]c(C2CCCC2)cc1=S. The lowest BCUT2D eigenvalue weighted by Crippen LogP contribution is -2.01. The van der Waals surface area contributed by atoms with E-state index in [1.54, 1.807) is 6.07 Å². The standard InChI is InChI=1S/C15H17FN2S/c1-10-8-12(16)6-7-14(10)18-15(19)9-13(17-18)11-4-2-3-5-11/h6-9,11,17H,2-5H2,1H3. The van der Waals surface area contributed by atoms with E-state index in [2.05, 4.69) is 5.10 Å². The number of hydrogen-bond donors (Lipinski definition) is 1. The van der Waals surface area contributed by atoms with Crippen LogP contribution in [0.25, 0.3) is 5.69 Å². The molecular weight excluding hydrogens is 259 g/mol. The molecule has 0 radical (unpaired) electrons. The fourth-order valence-electron chi connectivity index (χ4n) is 2.91. The highest BCUT2D eigenvalue weighted by Gasteiger charge is 2.19. The van der Waals surface area contributed by atoms with E-state index in [0.29, 0.717) is 5.92 Å². The number of nitrogens with zero attached hydrogens (tertiary/aromatic N) is 1. The van der Waals surface area contributed by atoms with Gasteiger partial charge in [-0.3, -0.25) is 5.10 Å². The van der Waals surface area contributed by atoms with E-state index in [9.17, 15) is 4.39 Å². The van der Waals surface area contributed by atoms with Crippen molar-refractivity contribution in [2.24, 2.45) is 0 Å². The van der Waals surface area contributed by atoms with Gasteiger partial charge in [0.05, 0.1) is 5.69 Å². The Morgan fingerprint density at radius 3 is 2.68 bits per heavy atom. The second-order valence-electron chi connectivity index (χ2n) is 5.30. The Balaban J connectivity index is 2.03. The van der Waals surface area contributed by atoms with Crippen molar-refractivity contribution in [2.75, 3.05) is 0 Å². The zero-order valence-corrected chi connectivity index (χ0v) is 11.8. The summed E-state index contributed by atoms with van der Waals surface area (Å²) in [7, 11) is 0. The molecule has 1 N–H and O–H groups in total. The third-order valence-electron chi connectivity index (χ3n) is 3.94. The van der Waals surface area contributed by atoms with E-state index in [4.69, 9.17) is 12.2 Å². The van der Waals surface area contributed by atoms with Crippen molar-refractivity contribution in [2.45, 2.75) is 38.5 Å². The molecule has 1 saturated carbocycles. The van der Waals surface area contributed by atoms with Crippen molar-refractivity contribution in [1.82, 2.24) is 9.78 Å². The first-order valence-electron chi connectivity index (χ1n) is 6.73. The molecule has 1 aromatic heterocycles. The number of nitrogens with one attached hydrogen (secondary N) is 1. The van der Waals surface area contributed by atoms with Gasteiger partial charge in [-0.05, 0) is 49.6 Å². The maximum absolute atomic E-state index is 13.2. The molecule has 1 aliphatic carbocycles. The molecule has 19 heavy (non-hydrogen) atoms. The first-order valence-corrected chi connectivity index (χ1v) is 7.14. The highest BCUT2D eigenvalue weighted by Crippen LogP contribution is 2.33. The van der Waals surface area contributed by atoms with Gasteiger partial charge in [-0.25, -0.2) is 9.07 Å². The normalized spacial score (nSPS) is 16.1. The van der Waals surface area contributed by atoms with Crippen LogP contribution < -0.4 is 0 Å². The molecule has 1 aromatic carbocycles. The van der Waals surface area contributed by atoms with Crippen LogP contribution >= 0.6 is 12.2 Å². The highest BCUT2D eigenvalue weighted by molar-refractivity contribution is 7.71. The fourth-order valence-corrected chi connectivity index (χ4v) is 3.18. The summed E-state index contributed by atoms with van der Waals surface area (Å²) < 4.78 is 15.8. The van der Waals surface area contributed by atoms with Crippen molar-refractivity contribution in [3.63, 3.8) is 0 Å². The Kier molecular flexibility index (Phi) is 3.27. The van der Waals surface area contributed by atoms with Crippen molar-refractivity contribution in [3.8, 4) is 5.69 Å². The molecule has 4 heteroatoms. The minimum atomic E-state index is -0.213. The number of aromatic nitrogens is 2. The first kappa shape index (κ1) is 12.6. The molecule has 0 saturated heterocycles. The van der Waals surface area contributed by atoms with Crippen molar-refractivity contribution < 1.29 is 4.39 Å². The van der Waals surface area contributed by atoms with Crippen LogP contribution in [-0.4, -0.2) is 9.78 Å². The van der Waals surface area contributed by atoms with Gasteiger partial charge >= 0.3 is 0 Å². The lowest BCUT2D eigenvalue weighted by Gasteiger charge is -2.09. The quantitative estimate of drug-likeness (QED) is 0.792. The molecule has 3 rings (SSSR count). The molecule has 1 aliphatic rings. The number of rotatable bonds is 2. The van der Waals surface area contributed by atoms with Crippen molar-refractivity contribution in [1.29, 1.82) is 0 Å². The fraction of sp³-hybridized carbons (Fsp3) is 0.400. The Morgan fingerprint density at radius 1 is 1.26 bits per heavy atom. The topological polar surface area (TPSA) is 20.7 Å². The molecule has 1 fully saturated rings. The zero-order valence-electron chi connectivity index (χ0n) is 10.9. The van der Waals surface area contributed by atoms with E-state index >= 15 is 0 Å². The van der Waals surface area contributed by atoms with Crippen molar-refractivity contribution in [3.05, 3.63) is 46.0 Å². The first-order chi connectivity index (χ1) is 9.15. The maximum atomic E-state index is 13.2. The molecule has 2 aromatic rings. The van der Waals surface area contributed by atoms with Crippen LogP contribution in [0.1, 0.15) is 42.9 Å². The second-order valence-corrected chi connectivity index (χ2v) is 5.72. The Labute approximate surface area is 117 Å². The van der Waals surface area contributed by atoms with Gasteiger partial charge in [0.1, 0.15) is 10.5 Å². The van der Waals surface area contributed by atoms with Crippen LogP contribution in [0, 0.1) is 17.4 Å². The molecule has 0 amide bonds. The van der Waals surface area contributed by atoms with Crippen LogP contribution in [0.2, 0.25) is 0 Å². The van der Waals surface area contributed by atoms with E-state index in [1.165, 1.54) is 43.5 Å². The number of aromatic amines is 1.